The second kappa shape index (κ2) is 6.99. The number of hydrogen-bond donors (Lipinski definition) is 0. The van der Waals surface area contributed by atoms with Crippen molar-refractivity contribution in [2.24, 2.45) is 5.92 Å². The van der Waals surface area contributed by atoms with Crippen LogP contribution in [0.5, 0.6) is 0 Å². The van der Waals surface area contributed by atoms with Gasteiger partial charge in [0.2, 0.25) is 5.91 Å². The lowest BCUT2D eigenvalue weighted by Crippen LogP contribution is -2.37. The maximum Gasteiger partial charge on any atom is 0.266 e. The van der Waals surface area contributed by atoms with E-state index < -0.39 is 18.1 Å². The smallest absolute Gasteiger partial charge is 0.266 e. The molecule has 2 saturated heterocycles. The van der Waals surface area contributed by atoms with Crippen LogP contribution in [0.4, 0.5) is 11.4 Å². The molecule has 5 rings (SSSR count). The summed E-state index contributed by atoms with van der Waals surface area (Å²) in [5, 5.41) is 2.20. The van der Waals surface area contributed by atoms with Crippen LogP contribution in [-0.2, 0) is 14.4 Å². The number of fused-ring (bicyclic) bond motifs is 1. The van der Waals surface area contributed by atoms with Gasteiger partial charge < -0.3 is 0 Å². The SMILES string of the molecule is O=C1[C@@H]2[C@H](ON(c3ccccc3)[C@H]2c2ccncc2)C(=O)N1c1ccc(Cl)cc1. The zero-order valence-electron chi connectivity index (χ0n) is 15.2. The highest BCUT2D eigenvalue weighted by Gasteiger charge is 2.60. The molecular weight excluding hydrogens is 390 g/mol. The molecule has 144 valence electrons. The third-order valence-electron chi connectivity index (χ3n) is 5.26. The highest BCUT2D eigenvalue weighted by Crippen LogP contribution is 2.47. The summed E-state index contributed by atoms with van der Waals surface area (Å²) in [6, 6.07) is 19.3. The molecule has 0 spiro atoms. The molecule has 2 aliphatic rings. The zero-order chi connectivity index (χ0) is 20.0. The van der Waals surface area contributed by atoms with Crippen molar-refractivity contribution in [1.82, 2.24) is 4.98 Å². The standard InChI is InChI=1S/C22H16ClN3O3/c23-15-6-8-16(9-7-15)25-21(27)18-19(14-10-12-24-13-11-14)26(29-20(18)22(25)28)17-4-2-1-3-5-17/h1-13,18-20H/t18-,19-,20-/m0/s1. The van der Waals surface area contributed by atoms with Crippen LogP contribution in [0.3, 0.4) is 0 Å². The first-order chi connectivity index (χ1) is 14.1. The highest BCUT2D eigenvalue weighted by atomic mass is 35.5. The van der Waals surface area contributed by atoms with E-state index in [0.29, 0.717) is 10.7 Å². The van der Waals surface area contributed by atoms with Gasteiger partial charge in [-0.3, -0.25) is 19.4 Å². The fraction of sp³-hybridized carbons (Fsp3) is 0.136. The number of imide groups is 1. The average Bonchev–Trinajstić information content (AvgIpc) is 3.27. The Morgan fingerprint density at radius 2 is 1.52 bits per heavy atom. The number of carbonyl (C=O) groups excluding carboxylic acids is 2. The summed E-state index contributed by atoms with van der Waals surface area (Å²) in [5.41, 5.74) is 2.12. The first-order valence-electron chi connectivity index (χ1n) is 9.19. The lowest BCUT2D eigenvalue weighted by atomic mass is 9.91. The predicted molar refractivity (Wildman–Crippen MR) is 108 cm³/mol. The van der Waals surface area contributed by atoms with Gasteiger partial charge in [0.1, 0.15) is 5.92 Å². The number of amides is 2. The number of benzene rings is 2. The quantitative estimate of drug-likeness (QED) is 0.620. The van der Waals surface area contributed by atoms with E-state index in [-0.39, 0.29) is 11.8 Å². The Bertz CT molecular complexity index is 1060. The topological polar surface area (TPSA) is 62.7 Å². The fourth-order valence-corrected chi connectivity index (χ4v) is 4.08. The number of hydrogen-bond acceptors (Lipinski definition) is 5. The molecule has 29 heavy (non-hydrogen) atoms. The maximum absolute atomic E-state index is 13.4. The summed E-state index contributed by atoms with van der Waals surface area (Å²) < 4.78 is 0. The van der Waals surface area contributed by atoms with Crippen molar-refractivity contribution in [2.75, 3.05) is 9.96 Å². The number of para-hydroxylation sites is 1. The molecule has 7 heteroatoms. The third-order valence-corrected chi connectivity index (χ3v) is 5.51. The predicted octanol–water partition coefficient (Wildman–Crippen LogP) is 3.79. The molecule has 0 aliphatic carbocycles. The van der Waals surface area contributed by atoms with E-state index in [1.807, 2.05) is 42.5 Å². The summed E-state index contributed by atoms with van der Waals surface area (Å²) in [5.74, 6) is -1.33. The van der Waals surface area contributed by atoms with Gasteiger partial charge in [0.05, 0.1) is 17.4 Å². The molecule has 1 aromatic heterocycles. The first-order valence-corrected chi connectivity index (χ1v) is 9.57. The van der Waals surface area contributed by atoms with Crippen molar-refractivity contribution in [1.29, 1.82) is 0 Å². The van der Waals surface area contributed by atoms with Crippen LogP contribution >= 0.6 is 11.6 Å². The van der Waals surface area contributed by atoms with Gasteiger partial charge in [0.25, 0.3) is 5.91 Å². The van der Waals surface area contributed by atoms with Crippen molar-refractivity contribution in [2.45, 2.75) is 12.1 Å². The lowest BCUT2D eigenvalue weighted by molar-refractivity contribution is -0.126. The summed E-state index contributed by atoms with van der Waals surface area (Å²) in [6.07, 6.45) is 2.45. The average molecular weight is 406 g/mol. The number of anilines is 2. The molecule has 6 nitrogen and oxygen atoms in total. The first kappa shape index (κ1) is 17.8. The molecule has 0 unspecified atom stereocenters. The number of hydroxylamine groups is 1. The van der Waals surface area contributed by atoms with Crippen molar-refractivity contribution in [3.8, 4) is 0 Å². The minimum absolute atomic E-state index is 0.289. The Morgan fingerprint density at radius 3 is 2.21 bits per heavy atom. The Labute approximate surface area is 172 Å². The molecule has 0 bridgehead atoms. The van der Waals surface area contributed by atoms with Crippen LogP contribution in [0, 0.1) is 5.92 Å². The number of pyridine rings is 1. The summed E-state index contributed by atoms with van der Waals surface area (Å²) in [4.78, 5) is 37.9. The van der Waals surface area contributed by atoms with Crippen molar-refractivity contribution >= 4 is 34.8 Å². The van der Waals surface area contributed by atoms with Gasteiger partial charge in [-0.1, -0.05) is 29.8 Å². The minimum atomic E-state index is -0.892. The molecule has 2 fully saturated rings. The number of aromatic nitrogens is 1. The third kappa shape index (κ3) is 2.88. The summed E-state index contributed by atoms with van der Waals surface area (Å²) >= 11 is 5.95. The van der Waals surface area contributed by atoms with Crippen LogP contribution in [0.1, 0.15) is 11.6 Å². The van der Waals surface area contributed by atoms with Gasteiger partial charge in [-0.2, -0.15) is 0 Å². The molecule has 2 aromatic carbocycles. The van der Waals surface area contributed by atoms with Crippen LogP contribution in [-0.4, -0.2) is 22.9 Å². The minimum Gasteiger partial charge on any atom is -0.273 e. The molecular formula is C22H16ClN3O3. The van der Waals surface area contributed by atoms with Gasteiger partial charge in [0.15, 0.2) is 6.10 Å². The normalized spacial score (nSPS) is 23.6. The second-order valence-electron chi connectivity index (χ2n) is 6.93. The van der Waals surface area contributed by atoms with E-state index in [4.69, 9.17) is 16.4 Å². The van der Waals surface area contributed by atoms with Gasteiger partial charge >= 0.3 is 0 Å². The van der Waals surface area contributed by atoms with Crippen molar-refractivity contribution in [3.05, 3.63) is 89.7 Å². The largest absolute Gasteiger partial charge is 0.273 e. The molecule has 3 atom stereocenters. The van der Waals surface area contributed by atoms with Crippen LogP contribution < -0.4 is 9.96 Å². The van der Waals surface area contributed by atoms with E-state index in [0.717, 1.165) is 11.3 Å². The molecule has 3 aromatic rings. The summed E-state index contributed by atoms with van der Waals surface area (Å²) in [7, 11) is 0. The number of rotatable bonds is 3. The van der Waals surface area contributed by atoms with Crippen molar-refractivity contribution < 1.29 is 14.4 Å². The molecule has 3 heterocycles. The van der Waals surface area contributed by atoms with Gasteiger partial charge in [-0.25, -0.2) is 9.96 Å². The Hall–Kier alpha value is -3.22. The van der Waals surface area contributed by atoms with Crippen molar-refractivity contribution in [3.63, 3.8) is 0 Å². The van der Waals surface area contributed by atoms with E-state index in [9.17, 15) is 9.59 Å². The highest BCUT2D eigenvalue weighted by molar-refractivity contribution is 6.31. The second-order valence-corrected chi connectivity index (χ2v) is 7.36. The number of carbonyl (C=O) groups is 2. The monoisotopic (exact) mass is 405 g/mol. The van der Waals surface area contributed by atoms with E-state index in [1.54, 1.807) is 41.7 Å². The van der Waals surface area contributed by atoms with Gasteiger partial charge in [-0.15, -0.1) is 0 Å². The Balaban J connectivity index is 1.58. The fourth-order valence-electron chi connectivity index (χ4n) is 3.96. The van der Waals surface area contributed by atoms with Crippen LogP contribution in [0.25, 0.3) is 0 Å². The molecule has 0 radical (unpaired) electrons. The Morgan fingerprint density at radius 1 is 0.828 bits per heavy atom. The maximum atomic E-state index is 13.4. The number of halogens is 1. The molecule has 0 N–H and O–H groups in total. The van der Waals surface area contributed by atoms with E-state index in [1.165, 1.54) is 4.90 Å². The molecule has 2 aliphatic heterocycles. The lowest BCUT2D eigenvalue weighted by Gasteiger charge is -2.28. The van der Waals surface area contributed by atoms with Gasteiger partial charge in [-0.05, 0) is 54.1 Å². The van der Waals surface area contributed by atoms with E-state index in [2.05, 4.69) is 4.98 Å². The van der Waals surface area contributed by atoms with Crippen LogP contribution in [0.15, 0.2) is 79.1 Å². The summed E-state index contributed by atoms with van der Waals surface area (Å²) in [6.45, 7) is 0. The Kier molecular flexibility index (Phi) is 4.30. The van der Waals surface area contributed by atoms with Gasteiger partial charge in [0, 0.05) is 17.4 Å². The molecule has 2 amide bonds. The zero-order valence-corrected chi connectivity index (χ0v) is 15.9. The van der Waals surface area contributed by atoms with E-state index >= 15 is 0 Å². The van der Waals surface area contributed by atoms with Crippen LogP contribution in [0.2, 0.25) is 5.02 Å². The number of nitrogens with zero attached hydrogens (tertiary/aromatic N) is 3. The molecule has 0 saturated carbocycles.